The first kappa shape index (κ1) is 40.1. The summed E-state index contributed by atoms with van der Waals surface area (Å²) in [6.07, 6.45) is -11.1. The number of hydrogen-bond donors (Lipinski definition) is 1. The van der Waals surface area contributed by atoms with Crippen molar-refractivity contribution in [1.82, 2.24) is 0 Å². The summed E-state index contributed by atoms with van der Waals surface area (Å²) in [5.74, 6) is -3.33. The number of amides is 1. The van der Waals surface area contributed by atoms with Crippen molar-refractivity contribution in [3.8, 4) is 0 Å². The van der Waals surface area contributed by atoms with Gasteiger partial charge in [0.2, 0.25) is 0 Å². The van der Waals surface area contributed by atoms with Crippen LogP contribution in [0.4, 0.5) is 4.79 Å². The molecule has 1 unspecified atom stereocenters. The van der Waals surface area contributed by atoms with E-state index in [9.17, 15) is 24.0 Å². The van der Waals surface area contributed by atoms with Crippen molar-refractivity contribution in [3.63, 3.8) is 0 Å². The summed E-state index contributed by atoms with van der Waals surface area (Å²) in [6, 6.07) is 0. The normalized spacial score (nSPS) is 30.9. The van der Waals surface area contributed by atoms with Crippen molar-refractivity contribution in [2.45, 2.75) is 130 Å². The van der Waals surface area contributed by atoms with E-state index in [0.717, 1.165) is 27.2 Å². The fraction of sp³-hybridized carbons (Fsp3) is 0.839. The highest BCUT2D eigenvalue weighted by Gasteiger charge is 2.56. The molecule has 16 nitrogen and oxygen atoms in total. The summed E-state index contributed by atoms with van der Waals surface area (Å²) in [4.78, 5) is 60.4. The SMILES string of the molecule is CC[C@@H]1OC(OCCOCCC(C)(C)C)[C@@H](O[C@H]2O[C@H](COC(C)=O)[C@@H](OC(C)=O)[C@H](OC(N)=O)[C@@H]2OC(C)=O)[C@@H](OC(C)=O)[C@@H]1C. The van der Waals surface area contributed by atoms with Gasteiger partial charge in [-0.25, -0.2) is 4.79 Å². The lowest BCUT2D eigenvalue weighted by atomic mass is 9.88. The molecule has 2 fully saturated rings. The Morgan fingerprint density at radius 1 is 0.681 bits per heavy atom. The lowest BCUT2D eigenvalue weighted by Gasteiger charge is -2.48. The molecule has 0 saturated carbocycles. The Hall–Kier alpha value is -3.05. The fourth-order valence-corrected chi connectivity index (χ4v) is 5.25. The Morgan fingerprint density at radius 3 is 1.79 bits per heavy atom. The zero-order chi connectivity index (χ0) is 35.5. The Balaban J connectivity index is 2.50. The largest absolute Gasteiger partial charge is 0.463 e. The lowest BCUT2D eigenvalue weighted by Crippen LogP contribution is -2.65. The summed E-state index contributed by atoms with van der Waals surface area (Å²) >= 11 is 0. The van der Waals surface area contributed by atoms with Crippen molar-refractivity contribution in [2.24, 2.45) is 17.1 Å². The van der Waals surface area contributed by atoms with Crippen molar-refractivity contribution in [1.29, 1.82) is 0 Å². The van der Waals surface area contributed by atoms with Crippen LogP contribution in [0.3, 0.4) is 0 Å². The maximum atomic E-state index is 12.3. The fourth-order valence-electron chi connectivity index (χ4n) is 5.25. The smallest absolute Gasteiger partial charge is 0.405 e. The van der Waals surface area contributed by atoms with Gasteiger partial charge in [-0.1, -0.05) is 34.6 Å². The van der Waals surface area contributed by atoms with Gasteiger partial charge in [0.1, 0.15) is 24.9 Å². The number of primary amides is 1. The second-order valence-corrected chi connectivity index (χ2v) is 12.7. The number of carbonyl (C=O) groups excluding carboxylic acids is 5. The standard InChI is InChI=1S/C31H51NO15/c1-10-21-16(2)23(41-18(4)34)26(28(44-21)39-14-13-38-12-11-31(7,8)9)46-29-27(43-20(6)36)25(47-30(32)37)24(42-19(5)35)22(45-29)15-40-17(3)33/h16,21-29H,10-15H2,1-9H3,(H2,32,37)/t16-,21+,22-,23+,24-,25+,26+,27+,28?,29-/m1/s1. The maximum absolute atomic E-state index is 12.3. The van der Waals surface area contributed by atoms with E-state index in [-0.39, 0.29) is 18.6 Å². The van der Waals surface area contributed by atoms with Gasteiger partial charge in [0.25, 0.3) is 0 Å². The van der Waals surface area contributed by atoms with E-state index in [4.69, 9.17) is 53.1 Å². The molecular weight excluding hydrogens is 626 g/mol. The summed E-state index contributed by atoms with van der Waals surface area (Å²) in [7, 11) is 0. The van der Waals surface area contributed by atoms with Gasteiger partial charge in [-0.15, -0.1) is 0 Å². The topological polar surface area (TPSA) is 204 Å². The zero-order valence-corrected chi connectivity index (χ0v) is 28.7. The summed E-state index contributed by atoms with van der Waals surface area (Å²) < 4.78 is 57.6. The first-order valence-electron chi connectivity index (χ1n) is 15.7. The van der Waals surface area contributed by atoms with Crippen molar-refractivity contribution >= 4 is 30.0 Å². The van der Waals surface area contributed by atoms with E-state index >= 15 is 0 Å². The van der Waals surface area contributed by atoms with Crippen LogP contribution in [0.15, 0.2) is 0 Å². The van der Waals surface area contributed by atoms with Crippen molar-refractivity contribution in [3.05, 3.63) is 0 Å². The van der Waals surface area contributed by atoms with Crippen LogP contribution < -0.4 is 5.73 Å². The third-order valence-electron chi connectivity index (χ3n) is 7.41. The molecule has 270 valence electrons. The molecule has 10 atom stereocenters. The van der Waals surface area contributed by atoms with Gasteiger partial charge >= 0.3 is 30.0 Å². The summed E-state index contributed by atoms with van der Waals surface area (Å²) in [5.41, 5.74) is 5.44. The predicted molar refractivity (Wildman–Crippen MR) is 160 cm³/mol. The summed E-state index contributed by atoms with van der Waals surface area (Å²) in [5, 5.41) is 0. The second-order valence-electron chi connectivity index (χ2n) is 12.7. The number of esters is 4. The van der Waals surface area contributed by atoms with Gasteiger partial charge in [-0.05, 0) is 18.3 Å². The van der Waals surface area contributed by atoms with Crippen LogP contribution in [0.2, 0.25) is 0 Å². The highest BCUT2D eigenvalue weighted by molar-refractivity contribution is 5.68. The number of ether oxygens (including phenoxy) is 10. The van der Waals surface area contributed by atoms with E-state index in [1.165, 1.54) is 6.92 Å². The first-order valence-corrected chi connectivity index (χ1v) is 15.7. The molecule has 1 amide bonds. The molecule has 0 aromatic heterocycles. The number of hydrogen-bond acceptors (Lipinski definition) is 15. The molecule has 47 heavy (non-hydrogen) atoms. The highest BCUT2D eigenvalue weighted by Crippen LogP contribution is 2.37. The van der Waals surface area contributed by atoms with E-state index in [1.807, 2.05) is 13.8 Å². The minimum atomic E-state index is -1.60. The molecule has 2 aliphatic rings. The number of rotatable bonds is 15. The zero-order valence-electron chi connectivity index (χ0n) is 28.7. The van der Waals surface area contributed by atoms with Crippen LogP contribution in [-0.2, 0) is 66.5 Å². The van der Waals surface area contributed by atoms with Crippen molar-refractivity contribution < 1.29 is 71.3 Å². The van der Waals surface area contributed by atoms with Crippen LogP contribution in [0.1, 0.15) is 75.2 Å². The molecule has 0 aromatic rings. The minimum absolute atomic E-state index is 0.0855. The maximum Gasteiger partial charge on any atom is 0.405 e. The number of carbonyl (C=O) groups is 5. The molecule has 0 bridgehead atoms. The van der Waals surface area contributed by atoms with Crippen LogP contribution in [-0.4, -0.2) is 112 Å². The van der Waals surface area contributed by atoms with Crippen molar-refractivity contribution in [2.75, 3.05) is 26.4 Å². The van der Waals surface area contributed by atoms with Crippen LogP contribution in [0.5, 0.6) is 0 Å². The van der Waals surface area contributed by atoms with Gasteiger partial charge in [0, 0.05) is 40.2 Å². The van der Waals surface area contributed by atoms with Crippen LogP contribution >= 0.6 is 0 Å². The molecular formula is C31H51NO15. The van der Waals surface area contributed by atoms with E-state index in [1.54, 1.807) is 0 Å². The average molecular weight is 678 g/mol. The molecule has 0 spiro atoms. The molecule has 2 aliphatic heterocycles. The molecule has 0 aliphatic carbocycles. The van der Waals surface area contributed by atoms with Gasteiger partial charge < -0.3 is 53.1 Å². The van der Waals surface area contributed by atoms with Gasteiger partial charge in [0.15, 0.2) is 30.9 Å². The molecule has 2 N–H and O–H groups in total. The number of nitrogens with two attached hydrogens (primary N) is 1. The van der Waals surface area contributed by atoms with Gasteiger partial charge in [-0.2, -0.15) is 0 Å². The minimum Gasteiger partial charge on any atom is -0.463 e. The quantitative estimate of drug-likeness (QED) is 0.150. The highest BCUT2D eigenvalue weighted by atomic mass is 16.8. The Bertz CT molecular complexity index is 1060. The van der Waals surface area contributed by atoms with E-state index < -0.39 is 97.8 Å². The third kappa shape index (κ3) is 13.2. The molecule has 16 heteroatoms. The Morgan fingerprint density at radius 2 is 1.26 bits per heavy atom. The lowest BCUT2D eigenvalue weighted by molar-refractivity contribution is -0.362. The average Bonchev–Trinajstić information content (AvgIpc) is 2.93. The van der Waals surface area contributed by atoms with E-state index in [2.05, 4.69) is 20.8 Å². The molecule has 0 aromatic carbocycles. The van der Waals surface area contributed by atoms with E-state index in [0.29, 0.717) is 13.0 Å². The molecule has 2 rings (SSSR count). The monoisotopic (exact) mass is 677 g/mol. The Labute approximate surface area is 275 Å². The summed E-state index contributed by atoms with van der Waals surface area (Å²) in [6.45, 7) is 15.0. The van der Waals surface area contributed by atoms with Gasteiger partial charge in [0.05, 0.1) is 19.3 Å². The van der Waals surface area contributed by atoms with Crippen LogP contribution in [0, 0.1) is 11.3 Å². The van der Waals surface area contributed by atoms with Gasteiger partial charge in [-0.3, -0.25) is 19.2 Å². The molecule has 2 saturated heterocycles. The Kier molecular flexibility index (Phi) is 15.8. The third-order valence-corrected chi connectivity index (χ3v) is 7.41. The van der Waals surface area contributed by atoms with Crippen LogP contribution in [0.25, 0.3) is 0 Å². The second kappa shape index (κ2) is 18.5. The predicted octanol–water partition coefficient (Wildman–Crippen LogP) is 2.16. The first-order chi connectivity index (χ1) is 21.9. The molecule has 2 heterocycles. The molecule has 0 radical (unpaired) electrons.